The lowest BCUT2D eigenvalue weighted by Crippen LogP contribution is -2.41. The summed E-state index contributed by atoms with van der Waals surface area (Å²) in [6.45, 7) is 4.93. The minimum Gasteiger partial charge on any atom is -0.468 e. The van der Waals surface area contributed by atoms with Crippen molar-refractivity contribution in [3.8, 4) is 0 Å². The summed E-state index contributed by atoms with van der Waals surface area (Å²) in [5.41, 5.74) is 1.06. The van der Waals surface area contributed by atoms with Gasteiger partial charge >= 0.3 is 0 Å². The molecule has 1 unspecified atom stereocenters. The SMILES string of the molecule is CC1CCN(C(CNC(=O)CCCc2ccc(F)cc2)c2ccco2)CC1. The average molecular weight is 372 g/mol. The maximum Gasteiger partial charge on any atom is 0.220 e. The predicted octanol–water partition coefficient (Wildman–Crippen LogP) is 4.33. The fourth-order valence-electron chi connectivity index (χ4n) is 3.63. The summed E-state index contributed by atoms with van der Waals surface area (Å²) in [4.78, 5) is 14.7. The number of hydrogen-bond donors (Lipinski definition) is 1. The second-order valence-electron chi connectivity index (χ2n) is 7.53. The van der Waals surface area contributed by atoms with E-state index in [1.165, 1.54) is 25.0 Å². The molecule has 146 valence electrons. The zero-order valence-corrected chi connectivity index (χ0v) is 16.0. The van der Waals surface area contributed by atoms with Gasteiger partial charge in [0.05, 0.1) is 12.3 Å². The summed E-state index contributed by atoms with van der Waals surface area (Å²) in [5, 5.41) is 3.07. The van der Waals surface area contributed by atoms with E-state index in [-0.39, 0.29) is 17.8 Å². The summed E-state index contributed by atoms with van der Waals surface area (Å²) in [7, 11) is 0. The highest BCUT2D eigenvalue weighted by Gasteiger charge is 2.26. The zero-order chi connectivity index (χ0) is 19.1. The van der Waals surface area contributed by atoms with Crippen molar-refractivity contribution in [2.24, 2.45) is 5.92 Å². The number of hydrogen-bond acceptors (Lipinski definition) is 3. The van der Waals surface area contributed by atoms with Gasteiger partial charge in [0.2, 0.25) is 5.91 Å². The molecule has 1 N–H and O–H groups in total. The van der Waals surface area contributed by atoms with Gasteiger partial charge in [-0.25, -0.2) is 4.39 Å². The van der Waals surface area contributed by atoms with Gasteiger partial charge in [-0.05, 0) is 74.5 Å². The molecule has 1 fully saturated rings. The van der Waals surface area contributed by atoms with Crippen molar-refractivity contribution in [2.45, 2.75) is 45.1 Å². The van der Waals surface area contributed by atoms with Crippen LogP contribution in [-0.2, 0) is 11.2 Å². The molecule has 1 amide bonds. The smallest absolute Gasteiger partial charge is 0.220 e. The van der Waals surface area contributed by atoms with E-state index >= 15 is 0 Å². The van der Waals surface area contributed by atoms with Gasteiger partial charge in [-0.3, -0.25) is 9.69 Å². The fourth-order valence-corrected chi connectivity index (χ4v) is 3.63. The first-order valence-corrected chi connectivity index (χ1v) is 9.90. The third-order valence-electron chi connectivity index (χ3n) is 5.41. The summed E-state index contributed by atoms with van der Waals surface area (Å²) in [5.74, 6) is 1.50. The van der Waals surface area contributed by atoms with E-state index in [1.54, 1.807) is 18.4 Å². The third-order valence-corrected chi connectivity index (χ3v) is 5.41. The zero-order valence-electron chi connectivity index (χ0n) is 16.0. The lowest BCUT2D eigenvalue weighted by Gasteiger charge is -2.35. The molecule has 1 aromatic carbocycles. The third kappa shape index (κ3) is 5.93. The first-order valence-electron chi connectivity index (χ1n) is 9.90. The van der Waals surface area contributed by atoms with Crippen LogP contribution >= 0.6 is 0 Å². The Balaban J connectivity index is 1.46. The molecule has 1 aliphatic rings. The van der Waals surface area contributed by atoms with Crippen molar-refractivity contribution in [1.29, 1.82) is 0 Å². The molecule has 4 nitrogen and oxygen atoms in total. The van der Waals surface area contributed by atoms with Crippen LogP contribution in [0.25, 0.3) is 0 Å². The molecule has 27 heavy (non-hydrogen) atoms. The van der Waals surface area contributed by atoms with E-state index in [4.69, 9.17) is 4.42 Å². The van der Waals surface area contributed by atoms with Gasteiger partial charge in [0, 0.05) is 13.0 Å². The first-order chi connectivity index (χ1) is 13.1. The highest BCUT2D eigenvalue weighted by Crippen LogP contribution is 2.26. The van der Waals surface area contributed by atoms with Gasteiger partial charge in [-0.2, -0.15) is 0 Å². The Labute approximate surface area is 160 Å². The van der Waals surface area contributed by atoms with Crippen LogP contribution in [0.2, 0.25) is 0 Å². The number of aryl methyl sites for hydroxylation is 1. The molecule has 0 radical (unpaired) electrons. The largest absolute Gasteiger partial charge is 0.468 e. The summed E-state index contributed by atoms with van der Waals surface area (Å²) in [6.07, 6.45) is 6.06. The number of likely N-dealkylation sites (tertiary alicyclic amines) is 1. The number of piperidine rings is 1. The predicted molar refractivity (Wildman–Crippen MR) is 104 cm³/mol. The molecule has 0 aliphatic carbocycles. The summed E-state index contributed by atoms with van der Waals surface area (Å²) < 4.78 is 18.6. The molecule has 1 saturated heterocycles. The maximum atomic E-state index is 12.9. The van der Waals surface area contributed by atoms with E-state index in [1.807, 2.05) is 12.1 Å². The van der Waals surface area contributed by atoms with Crippen LogP contribution in [0.15, 0.2) is 47.1 Å². The molecule has 3 rings (SSSR count). The van der Waals surface area contributed by atoms with E-state index in [9.17, 15) is 9.18 Å². The van der Waals surface area contributed by atoms with Crippen molar-refractivity contribution >= 4 is 5.91 Å². The van der Waals surface area contributed by atoms with E-state index in [0.29, 0.717) is 13.0 Å². The maximum absolute atomic E-state index is 12.9. The van der Waals surface area contributed by atoms with Crippen molar-refractivity contribution in [3.63, 3.8) is 0 Å². The molecule has 2 heterocycles. The van der Waals surface area contributed by atoms with Gasteiger partial charge in [-0.1, -0.05) is 19.1 Å². The standard InChI is InChI=1S/C22H29FN2O2/c1-17-11-13-25(14-12-17)20(21-5-3-15-27-21)16-24-22(26)6-2-4-18-7-9-19(23)10-8-18/h3,5,7-10,15,17,20H,2,4,6,11-14,16H2,1H3,(H,24,26). The number of halogens is 1. The molecular formula is C22H29FN2O2. The van der Waals surface area contributed by atoms with Crippen LogP contribution in [0.3, 0.4) is 0 Å². The fraction of sp³-hybridized carbons (Fsp3) is 0.500. The number of amides is 1. The normalized spacial score (nSPS) is 17.0. The Morgan fingerprint density at radius 3 is 2.67 bits per heavy atom. The Kier molecular flexibility index (Phi) is 7.04. The molecule has 1 atom stereocenters. The van der Waals surface area contributed by atoms with Crippen molar-refractivity contribution in [3.05, 3.63) is 59.8 Å². The molecule has 2 aromatic rings. The number of nitrogens with zero attached hydrogens (tertiary/aromatic N) is 1. The quantitative estimate of drug-likeness (QED) is 0.750. The minimum absolute atomic E-state index is 0.0547. The van der Waals surface area contributed by atoms with Crippen molar-refractivity contribution in [2.75, 3.05) is 19.6 Å². The van der Waals surface area contributed by atoms with Gasteiger partial charge in [0.1, 0.15) is 11.6 Å². The Bertz CT molecular complexity index is 692. The first kappa shape index (κ1) is 19.6. The Morgan fingerprint density at radius 1 is 1.26 bits per heavy atom. The number of carbonyl (C=O) groups excluding carboxylic acids is 1. The van der Waals surface area contributed by atoms with Gasteiger partial charge in [-0.15, -0.1) is 0 Å². The highest BCUT2D eigenvalue weighted by atomic mass is 19.1. The Morgan fingerprint density at radius 2 is 2.00 bits per heavy atom. The molecule has 0 saturated carbocycles. The number of carbonyl (C=O) groups is 1. The van der Waals surface area contributed by atoms with Crippen LogP contribution in [-0.4, -0.2) is 30.4 Å². The topological polar surface area (TPSA) is 45.5 Å². The monoisotopic (exact) mass is 372 g/mol. The Hall–Kier alpha value is -2.14. The molecule has 0 spiro atoms. The number of nitrogens with one attached hydrogen (secondary N) is 1. The van der Waals surface area contributed by atoms with Crippen LogP contribution in [0, 0.1) is 11.7 Å². The van der Waals surface area contributed by atoms with Crippen molar-refractivity contribution in [1.82, 2.24) is 10.2 Å². The second kappa shape index (κ2) is 9.70. The van der Waals surface area contributed by atoms with Crippen LogP contribution in [0.4, 0.5) is 4.39 Å². The molecule has 5 heteroatoms. The number of benzene rings is 1. The molecule has 1 aromatic heterocycles. The number of rotatable bonds is 8. The molecule has 1 aliphatic heterocycles. The van der Waals surface area contributed by atoms with Crippen LogP contribution < -0.4 is 5.32 Å². The van der Waals surface area contributed by atoms with Gasteiger partial charge in [0.15, 0.2) is 0 Å². The van der Waals surface area contributed by atoms with Gasteiger partial charge in [0.25, 0.3) is 0 Å². The van der Waals surface area contributed by atoms with Crippen molar-refractivity contribution < 1.29 is 13.6 Å². The average Bonchev–Trinajstić information content (AvgIpc) is 3.19. The summed E-state index contributed by atoms with van der Waals surface area (Å²) >= 11 is 0. The molecular weight excluding hydrogens is 343 g/mol. The highest BCUT2D eigenvalue weighted by molar-refractivity contribution is 5.75. The second-order valence-corrected chi connectivity index (χ2v) is 7.53. The summed E-state index contributed by atoms with van der Waals surface area (Å²) in [6, 6.07) is 10.5. The van der Waals surface area contributed by atoms with Gasteiger partial charge < -0.3 is 9.73 Å². The van der Waals surface area contributed by atoms with Crippen LogP contribution in [0.5, 0.6) is 0 Å². The minimum atomic E-state index is -0.229. The van der Waals surface area contributed by atoms with Crippen LogP contribution in [0.1, 0.15) is 50.0 Å². The van der Waals surface area contributed by atoms with E-state index in [0.717, 1.165) is 43.2 Å². The molecule has 0 bridgehead atoms. The van der Waals surface area contributed by atoms with E-state index in [2.05, 4.69) is 17.1 Å². The van der Waals surface area contributed by atoms with E-state index < -0.39 is 0 Å². The lowest BCUT2D eigenvalue weighted by molar-refractivity contribution is -0.121. The lowest BCUT2D eigenvalue weighted by atomic mass is 9.97. The number of furan rings is 1.